The van der Waals surface area contributed by atoms with Gasteiger partial charge in [0.05, 0.1) is 26.4 Å². The standard InChI is InChI=1S/C48H63BrO4/c1-11-20-50-43-32-16-15-17-33(43)25-36-28-40(48(8,9)10)30-38(45(36)52-22-13-3)31-41-42(49)19-18-34(46(41)53-23-14-4)26-37-29-39(47(5,6)7)27-35(24-32)44(37)51-21-12-2/h15-19,27-30H,11-14,20-26,31H2,1-10H3. The summed E-state index contributed by atoms with van der Waals surface area (Å²) in [5, 5.41) is 0. The van der Waals surface area contributed by atoms with Crippen LogP contribution in [-0.2, 0) is 36.5 Å². The van der Waals surface area contributed by atoms with Gasteiger partial charge in [0.15, 0.2) is 0 Å². The summed E-state index contributed by atoms with van der Waals surface area (Å²) in [4.78, 5) is 0. The molecular formula is C48H63BrO4. The van der Waals surface area contributed by atoms with Crippen molar-refractivity contribution in [2.45, 2.75) is 131 Å². The molecule has 0 spiro atoms. The monoisotopic (exact) mass is 782 g/mol. The smallest absolute Gasteiger partial charge is 0.127 e. The molecule has 5 rings (SSSR count). The summed E-state index contributed by atoms with van der Waals surface area (Å²) in [6.07, 6.45) is 6.51. The molecular weight excluding hydrogens is 720 g/mol. The second-order valence-corrected chi connectivity index (χ2v) is 17.6. The Hall–Kier alpha value is -3.44. The summed E-state index contributed by atoms with van der Waals surface area (Å²) in [5.41, 5.74) is 11.9. The predicted molar refractivity (Wildman–Crippen MR) is 225 cm³/mol. The topological polar surface area (TPSA) is 36.9 Å². The fourth-order valence-corrected chi connectivity index (χ4v) is 7.58. The van der Waals surface area contributed by atoms with E-state index in [-0.39, 0.29) is 10.8 Å². The number of benzene rings is 4. The predicted octanol–water partition coefficient (Wildman–Crippen LogP) is 12.9. The molecule has 4 nitrogen and oxygen atoms in total. The van der Waals surface area contributed by atoms with Gasteiger partial charge in [-0.1, -0.05) is 134 Å². The van der Waals surface area contributed by atoms with Crippen molar-refractivity contribution in [2.24, 2.45) is 0 Å². The van der Waals surface area contributed by atoms with Gasteiger partial charge in [0, 0.05) is 35.7 Å². The first kappa shape index (κ1) is 40.7. The lowest BCUT2D eigenvalue weighted by molar-refractivity contribution is 0.304. The maximum Gasteiger partial charge on any atom is 0.127 e. The average Bonchev–Trinajstić information content (AvgIpc) is 3.10. The maximum atomic E-state index is 6.78. The van der Waals surface area contributed by atoms with Gasteiger partial charge in [-0.3, -0.25) is 0 Å². The van der Waals surface area contributed by atoms with Crippen LogP contribution in [0, 0.1) is 0 Å². The molecule has 5 heteroatoms. The number of rotatable bonds is 12. The van der Waals surface area contributed by atoms with Crippen LogP contribution in [0.25, 0.3) is 0 Å². The fraction of sp³-hybridized carbons (Fsp3) is 0.500. The number of hydrogen-bond acceptors (Lipinski definition) is 4. The lowest BCUT2D eigenvalue weighted by Gasteiger charge is -2.27. The highest BCUT2D eigenvalue weighted by molar-refractivity contribution is 9.10. The Morgan fingerprint density at radius 3 is 1.17 bits per heavy atom. The molecule has 4 aromatic carbocycles. The molecule has 0 radical (unpaired) electrons. The molecule has 1 aliphatic rings. The van der Waals surface area contributed by atoms with Gasteiger partial charge < -0.3 is 18.9 Å². The first-order valence-corrected chi connectivity index (χ1v) is 20.8. The van der Waals surface area contributed by atoms with E-state index in [1.807, 2.05) is 0 Å². The van der Waals surface area contributed by atoms with Crippen LogP contribution in [0.4, 0.5) is 0 Å². The van der Waals surface area contributed by atoms with Gasteiger partial charge in [0.1, 0.15) is 23.0 Å². The Morgan fingerprint density at radius 2 is 0.792 bits per heavy atom. The zero-order valence-corrected chi connectivity index (χ0v) is 35.8. The molecule has 0 unspecified atom stereocenters. The Labute approximate surface area is 329 Å². The summed E-state index contributed by atoms with van der Waals surface area (Å²) in [6.45, 7) is 25.1. The molecule has 0 atom stereocenters. The molecule has 0 aromatic heterocycles. The van der Waals surface area contributed by atoms with Gasteiger partial charge in [0.25, 0.3) is 0 Å². The molecule has 8 bridgehead atoms. The molecule has 0 aliphatic heterocycles. The van der Waals surface area contributed by atoms with Gasteiger partial charge in [-0.2, -0.15) is 0 Å². The van der Waals surface area contributed by atoms with E-state index in [4.69, 9.17) is 18.9 Å². The molecule has 4 aromatic rings. The van der Waals surface area contributed by atoms with Gasteiger partial charge in [-0.15, -0.1) is 0 Å². The molecule has 0 N–H and O–H groups in total. The van der Waals surface area contributed by atoms with Crippen molar-refractivity contribution in [3.63, 3.8) is 0 Å². The van der Waals surface area contributed by atoms with Crippen LogP contribution in [0.1, 0.15) is 151 Å². The highest BCUT2D eigenvalue weighted by Crippen LogP contribution is 2.43. The van der Waals surface area contributed by atoms with Crippen molar-refractivity contribution in [1.29, 1.82) is 0 Å². The molecule has 0 fully saturated rings. The zero-order valence-electron chi connectivity index (χ0n) is 34.2. The van der Waals surface area contributed by atoms with Crippen LogP contribution < -0.4 is 18.9 Å². The normalized spacial score (nSPS) is 13.1. The third kappa shape index (κ3) is 9.82. The molecule has 0 saturated heterocycles. The van der Waals surface area contributed by atoms with E-state index in [0.717, 1.165) is 58.7 Å². The molecule has 0 amide bonds. The number of ether oxygens (including phenoxy) is 4. The SMILES string of the molecule is CCCOc1c2cccc1Cc1cc(C(C)(C)C)cc(c1OCCC)Cc1c(Br)ccc(c1OCCC)Cc1cc(C(C)(C)C)cc(c1OCCC)C2. The van der Waals surface area contributed by atoms with Gasteiger partial charge >= 0.3 is 0 Å². The van der Waals surface area contributed by atoms with Gasteiger partial charge in [-0.25, -0.2) is 0 Å². The first-order valence-electron chi connectivity index (χ1n) is 20.0. The highest BCUT2D eigenvalue weighted by atomic mass is 79.9. The van der Waals surface area contributed by atoms with Crippen LogP contribution in [0.3, 0.4) is 0 Å². The minimum Gasteiger partial charge on any atom is -0.493 e. The van der Waals surface area contributed by atoms with Crippen LogP contribution >= 0.6 is 15.9 Å². The van der Waals surface area contributed by atoms with Crippen molar-refractivity contribution >= 4 is 15.9 Å². The number of halogens is 1. The Kier molecular flexibility index (Phi) is 13.7. The van der Waals surface area contributed by atoms with E-state index in [9.17, 15) is 0 Å². The Morgan fingerprint density at radius 1 is 0.453 bits per heavy atom. The first-order chi connectivity index (χ1) is 25.3. The molecule has 286 valence electrons. The van der Waals surface area contributed by atoms with Gasteiger partial charge in [-0.05, 0) is 92.7 Å². The Balaban J connectivity index is 1.90. The van der Waals surface area contributed by atoms with E-state index < -0.39 is 0 Å². The second kappa shape index (κ2) is 17.8. The molecule has 53 heavy (non-hydrogen) atoms. The van der Waals surface area contributed by atoms with Crippen LogP contribution in [-0.4, -0.2) is 26.4 Å². The summed E-state index contributed by atoms with van der Waals surface area (Å²) < 4.78 is 28.1. The van der Waals surface area contributed by atoms with Crippen molar-refractivity contribution in [2.75, 3.05) is 26.4 Å². The average molecular weight is 784 g/mol. The third-order valence-corrected chi connectivity index (χ3v) is 10.7. The minimum absolute atomic E-state index is 0.0498. The quantitative estimate of drug-likeness (QED) is 0.126. The summed E-state index contributed by atoms with van der Waals surface area (Å²) in [7, 11) is 0. The maximum absolute atomic E-state index is 6.78. The van der Waals surface area contributed by atoms with Crippen LogP contribution in [0.2, 0.25) is 0 Å². The lowest BCUT2D eigenvalue weighted by atomic mass is 9.81. The van der Waals surface area contributed by atoms with E-state index >= 15 is 0 Å². The van der Waals surface area contributed by atoms with Crippen molar-refractivity contribution in [3.8, 4) is 23.0 Å². The molecule has 1 aliphatic carbocycles. The lowest BCUT2D eigenvalue weighted by Crippen LogP contribution is -2.16. The van der Waals surface area contributed by atoms with Crippen molar-refractivity contribution < 1.29 is 18.9 Å². The highest BCUT2D eigenvalue weighted by Gasteiger charge is 2.27. The van der Waals surface area contributed by atoms with Crippen LogP contribution in [0.5, 0.6) is 23.0 Å². The van der Waals surface area contributed by atoms with Gasteiger partial charge in [0.2, 0.25) is 0 Å². The zero-order chi connectivity index (χ0) is 38.3. The Bertz CT molecular complexity index is 1860. The number of fused-ring (bicyclic) bond motifs is 8. The third-order valence-electron chi connectivity index (χ3n) is 9.99. The van der Waals surface area contributed by atoms with Crippen molar-refractivity contribution in [1.82, 2.24) is 0 Å². The van der Waals surface area contributed by atoms with E-state index in [2.05, 4.69) is 140 Å². The largest absolute Gasteiger partial charge is 0.493 e. The number of hydrogen-bond donors (Lipinski definition) is 0. The summed E-state index contributed by atoms with van der Waals surface area (Å²) in [5.74, 6) is 3.91. The fourth-order valence-electron chi connectivity index (χ4n) is 7.13. The summed E-state index contributed by atoms with van der Waals surface area (Å²) in [6, 6.07) is 20.6. The summed E-state index contributed by atoms with van der Waals surface area (Å²) >= 11 is 4.00. The number of para-hydroxylation sites is 1. The van der Waals surface area contributed by atoms with E-state index in [0.29, 0.717) is 52.1 Å². The van der Waals surface area contributed by atoms with E-state index in [1.165, 1.54) is 50.1 Å². The van der Waals surface area contributed by atoms with Crippen LogP contribution in [0.15, 0.2) is 59.1 Å². The minimum atomic E-state index is -0.0555. The van der Waals surface area contributed by atoms with E-state index in [1.54, 1.807) is 0 Å². The van der Waals surface area contributed by atoms with Crippen molar-refractivity contribution in [3.05, 3.63) is 115 Å². The molecule has 0 saturated carbocycles. The molecule has 0 heterocycles. The second-order valence-electron chi connectivity index (χ2n) is 16.8.